The second-order valence-electron chi connectivity index (χ2n) is 4.88. The summed E-state index contributed by atoms with van der Waals surface area (Å²) in [4.78, 5) is 0. The second kappa shape index (κ2) is 4.96. The Balaban J connectivity index is 4.34. The molecule has 0 rings (SSSR count). The zero-order chi connectivity index (χ0) is 10.6. The smallest absolute Gasteiger partial charge is 0.183 e. The van der Waals surface area contributed by atoms with Crippen LogP contribution in [-0.4, -0.2) is 14.6 Å². The van der Waals surface area contributed by atoms with Crippen molar-refractivity contribution >= 4 is 9.04 Å². The highest BCUT2D eigenvalue weighted by molar-refractivity contribution is 6.55. The number of hydrogen-bond acceptors (Lipinski definition) is 1. The molecule has 0 saturated heterocycles. The molecule has 13 heavy (non-hydrogen) atoms. The predicted octanol–water partition coefficient (Wildman–Crippen LogP) is 3.51. The quantitative estimate of drug-likeness (QED) is 0.487. The van der Waals surface area contributed by atoms with Crippen LogP contribution in [-0.2, 0) is 4.43 Å². The van der Waals surface area contributed by atoms with E-state index in [1.165, 1.54) is 0 Å². The molecule has 0 amide bonds. The van der Waals surface area contributed by atoms with Crippen molar-refractivity contribution in [1.29, 1.82) is 0 Å². The molecule has 0 aliphatic heterocycles. The highest BCUT2D eigenvalue weighted by Crippen LogP contribution is 2.26. The van der Waals surface area contributed by atoms with Crippen molar-refractivity contribution in [3.05, 3.63) is 12.7 Å². The Morgan fingerprint density at radius 1 is 1.15 bits per heavy atom. The van der Waals surface area contributed by atoms with Crippen molar-refractivity contribution in [2.24, 2.45) is 0 Å². The fourth-order valence-corrected chi connectivity index (χ4v) is 4.32. The van der Waals surface area contributed by atoms with Gasteiger partial charge in [0.1, 0.15) is 0 Å². The number of rotatable bonds is 5. The zero-order valence-electron chi connectivity index (χ0n) is 9.92. The van der Waals surface area contributed by atoms with E-state index in [2.05, 4.69) is 48.1 Å². The SMILES string of the molecule is C=CC(C)(C)O[SiH](C(C)C)C(C)C. The Bertz CT molecular complexity index is 153. The van der Waals surface area contributed by atoms with Gasteiger partial charge in [-0.15, -0.1) is 6.58 Å². The van der Waals surface area contributed by atoms with E-state index >= 15 is 0 Å². The molecule has 0 aromatic rings. The van der Waals surface area contributed by atoms with Gasteiger partial charge in [-0.25, -0.2) is 0 Å². The Morgan fingerprint density at radius 2 is 1.54 bits per heavy atom. The summed E-state index contributed by atoms with van der Waals surface area (Å²) in [6.45, 7) is 17.0. The van der Waals surface area contributed by atoms with Gasteiger partial charge >= 0.3 is 0 Å². The maximum absolute atomic E-state index is 6.13. The summed E-state index contributed by atoms with van der Waals surface area (Å²) in [5.74, 6) is 0. The molecule has 0 aromatic carbocycles. The zero-order valence-corrected chi connectivity index (χ0v) is 11.1. The van der Waals surface area contributed by atoms with E-state index < -0.39 is 9.04 Å². The van der Waals surface area contributed by atoms with Gasteiger partial charge in [0.15, 0.2) is 9.04 Å². The molecule has 0 aromatic heterocycles. The Morgan fingerprint density at radius 3 is 1.77 bits per heavy atom. The van der Waals surface area contributed by atoms with Crippen LogP contribution in [0.5, 0.6) is 0 Å². The molecular formula is C11H24OSi. The molecule has 78 valence electrons. The average Bonchev–Trinajstić information content (AvgIpc) is 1.99. The van der Waals surface area contributed by atoms with E-state index in [-0.39, 0.29) is 5.60 Å². The van der Waals surface area contributed by atoms with Crippen LogP contribution >= 0.6 is 0 Å². The molecule has 0 radical (unpaired) electrons. The average molecular weight is 200 g/mol. The van der Waals surface area contributed by atoms with Crippen molar-refractivity contribution in [1.82, 2.24) is 0 Å². The van der Waals surface area contributed by atoms with E-state index in [0.29, 0.717) is 11.1 Å². The molecule has 0 N–H and O–H groups in total. The highest BCUT2D eigenvalue weighted by atomic mass is 28.3. The fraction of sp³-hybridized carbons (Fsp3) is 0.818. The van der Waals surface area contributed by atoms with E-state index in [0.717, 1.165) is 0 Å². The summed E-state index contributed by atoms with van der Waals surface area (Å²) < 4.78 is 6.13. The monoisotopic (exact) mass is 200 g/mol. The lowest BCUT2D eigenvalue weighted by atomic mass is 10.1. The fourth-order valence-electron chi connectivity index (χ4n) is 1.44. The van der Waals surface area contributed by atoms with Crippen molar-refractivity contribution in [3.8, 4) is 0 Å². The van der Waals surface area contributed by atoms with Gasteiger partial charge in [-0.1, -0.05) is 33.8 Å². The van der Waals surface area contributed by atoms with Crippen molar-refractivity contribution in [2.45, 2.75) is 58.2 Å². The standard InChI is InChI=1S/C11H24OSi/c1-8-11(6,7)12-13(9(2)3)10(4)5/h8-10,13H,1H2,2-7H3. The van der Waals surface area contributed by atoms with Gasteiger partial charge in [0, 0.05) is 0 Å². The minimum Gasteiger partial charge on any atom is -0.411 e. The van der Waals surface area contributed by atoms with Crippen LogP contribution in [0.3, 0.4) is 0 Å². The van der Waals surface area contributed by atoms with Gasteiger partial charge in [-0.05, 0) is 24.9 Å². The molecule has 0 fully saturated rings. The summed E-state index contributed by atoms with van der Waals surface area (Å²) in [5.41, 5.74) is 1.24. The van der Waals surface area contributed by atoms with Crippen LogP contribution in [0.1, 0.15) is 41.5 Å². The van der Waals surface area contributed by atoms with Gasteiger partial charge < -0.3 is 4.43 Å². The topological polar surface area (TPSA) is 9.23 Å². The summed E-state index contributed by atoms with van der Waals surface area (Å²) in [7, 11) is -1.09. The minimum atomic E-state index is -1.09. The minimum absolute atomic E-state index is 0.147. The highest BCUT2D eigenvalue weighted by Gasteiger charge is 2.27. The van der Waals surface area contributed by atoms with Crippen LogP contribution < -0.4 is 0 Å². The molecule has 0 spiro atoms. The maximum Gasteiger partial charge on any atom is 0.183 e. The first-order chi connectivity index (χ1) is 5.80. The summed E-state index contributed by atoms with van der Waals surface area (Å²) in [6, 6.07) is 0. The van der Waals surface area contributed by atoms with E-state index in [4.69, 9.17) is 4.43 Å². The first-order valence-electron chi connectivity index (χ1n) is 5.11. The number of hydrogen-bond donors (Lipinski definition) is 0. The van der Waals surface area contributed by atoms with Crippen LogP contribution in [0.25, 0.3) is 0 Å². The molecule has 0 aliphatic carbocycles. The largest absolute Gasteiger partial charge is 0.411 e. The van der Waals surface area contributed by atoms with Gasteiger partial charge in [-0.3, -0.25) is 0 Å². The third-order valence-corrected chi connectivity index (χ3v) is 5.75. The Kier molecular flexibility index (Phi) is 4.93. The predicted molar refractivity (Wildman–Crippen MR) is 62.7 cm³/mol. The molecule has 0 unspecified atom stereocenters. The van der Waals surface area contributed by atoms with E-state index in [1.807, 2.05) is 6.08 Å². The van der Waals surface area contributed by atoms with Crippen LogP contribution in [0, 0.1) is 0 Å². The Hall–Kier alpha value is -0.0831. The summed E-state index contributed by atoms with van der Waals surface area (Å²) in [5, 5.41) is 0. The third kappa shape index (κ3) is 4.63. The van der Waals surface area contributed by atoms with Crippen LogP contribution in [0.15, 0.2) is 12.7 Å². The van der Waals surface area contributed by atoms with E-state index in [9.17, 15) is 0 Å². The molecule has 0 atom stereocenters. The molecule has 0 bridgehead atoms. The summed E-state index contributed by atoms with van der Waals surface area (Å²) >= 11 is 0. The first-order valence-corrected chi connectivity index (χ1v) is 6.92. The lowest BCUT2D eigenvalue weighted by Crippen LogP contribution is -2.35. The molecule has 1 nitrogen and oxygen atoms in total. The van der Waals surface area contributed by atoms with Crippen LogP contribution in [0.2, 0.25) is 11.1 Å². The van der Waals surface area contributed by atoms with E-state index in [1.54, 1.807) is 0 Å². The molecule has 2 heteroatoms. The Labute approximate surface area is 84.9 Å². The van der Waals surface area contributed by atoms with Gasteiger partial charge in [0.2, 0.25) is 0 Å². The van der Waals surface area contributed by atoms with Crippen molar-refractivity contribution < 1.29 is 4.43 Å². The molecule has 0 saturated carbocycles. The normalized spacial score (nSPS) is 13.0. The lowest BCUT2D eigenvalue weighted by molar-refractivity contribution is 0.154. The maximum atomic E-state index is 6.13. The lowest BCUT2D eigenvalue weighted by Gasteiger charge is -2.32. The van der Waals surface area contributed by atoms with Gasteiger partial charge in [0.25, 0.3) is 0 Å². The third-order valence-electron chi connectivity index (χ3n) is 2.25. The van der Waals surface area contributed by atoms with Crippen LogP contribution in [0.4, 0.5) is 0 Å². The molecule has 0 heterocycles. The first kappa shape index (κ1) is 12.9. The van der Waals surface area contributed by atoms with Crippen molar-refractivity contribution in [2.75, 3.05) is 0 Å². The second-order valence-corrected chi connectivity index (χ2v) is 8.71. The molecular weight excluding hydrogens is 176 g/mol. The van der Waals surface area contributed by atoms with Crippen molar-refractivity contribution in [3.63, 3.8) is 0 Å². The molecule has 0 aliphatic rings. The summed E-state index contributed by atoms with van der Waals surface area (Å²) in [6.07, 6.45) is 1.90. The van der Waals surface area contributed by atoms with Gasteiger partial charge in [-0.2, -0.15) is 0 Å². The van der Waals surface area contributed by atoms with Gasteiger partial charge in [0.05, 0.1) is 5.60 Å².